The van der Waals surface area contributed by atoms with Crippen molar-refractivity contribution in [2.24, 2.45) is 0 Å². The molecule has 1 aliphatic rings. The largest absolute Gasteiger partial charge is 0.355 e. The van der Waals surface area contributed by atoms with Crippen LogP contribution in [0.15, 0.2) is 24.3 Å². The van der Waals surface area contributed by atoms with Crippen LogP contribution in [0, 0.1) is 0 Å². The van der Waals surface area contributed by atoms with Gasteiger partial charge < -0.3 is 5.32 Å². The molecule has 2 rings (SSSR count). The van der Waals surface area contributed by atoms with E-state index in [4.69, 9.17) is 11.6 Å². The Morgan fingerprint density at radius 1 is 1.31 bits per heavy atom. The number of alkyl halides is 1. The molecule has 2 nitrogen and oxygen atoms in total. The smallest absolute Gasteiger partial charge is 0.234 e. The standard InChI is InChI=1S/C13H16ClNO/c14-9-13(16)15-8-7-10-1-3-11(4-2-10)12-5-6-12/h1-4,12H,5-9H2,(H,15,16). The molecule has 1 amide bonds. The summed E-state index contributed by atoms with van der Waals surface area (Å²) in [6.45, 7) is 0.661. The number of rotatable bonds is 5. The number of hydrogen-bond donors (Lipinski definition) is 1. The summed E-state index contributed by atoms with van der Waals surface area (Å²) in [5.74, 6) is 0.752. The maximum atomic E-state index is 10.9. The van der Waals surface area contributed by atoms with Gasteiger partial charge in [-0.25, -0.2) is 0 Å². The summed E-state index contributed by atoms with van der Waals surface area (Å²) in [7, 11) is 0. The minimum atomic E-state index is -0.101. The van der Waals surface area contributed by atoms with Crippen LogP contribution in [-0.2, 0) is 11.2 Å². The summed E-state index contributed by atoms with van der Waals surface area (Å²) < 4.78 is 0. The van der Waals surface area contributed by atoms with E-state index in [1.807, 2.05) is 0 Å². The Kier molecular flexibility index (Phi) is 3.83. The zero-order valence-electron chi connectivity index (χ0n) is 9.21. The van der Waals surface area contributed by atoms with Gasteiger partial charge in [-0.05, 0) is 36.3 Å². The number of benzene rings is 1. The lowest BCUT2D eigenvalue weighted by Crippen LogP contribution is -2.26. The summed E-state index contributed by atoms with van der Waals surface area (Å²) in [6, 6.07) is 8.72. The Labute approximate surface area is 101 Å². The Balaban J connectivity index is 1.78. The van der Waals surface area contributed by atoms with Crippen LogP contribution in [0.2, 0.25) is 0 Å². The molecule has 1 saturated carbocycles. The van der Waals surface area contributed by atoms with Crippen LogP contribution in [0.4, 0.5) is 0 Å². The van der Waals surface area contributed by atoms with E-state index in [9.17, 15) is 4.79 Å². The molecule has 0 radical (unpaired) electrons. The molecule has 1 fully saturated rings. The average molecular weight is 238 g/mol. The predicted molar refractivity (Wildman–Crippen MR) is 65.9 cm³/mol. The van der Waals surface area contributed by atoms with E-state index in [0.29, 0.717) is 6.54 Å². The lowest BCUT2D eigenvalue weighted by Gasteiger charge is -2.04. The van der Waals surface area contributed by atoms with E-state index in [-0.39, 0.29) is 11.8 Å². The van der Waals surface area contributed by atoms with Crippen molar-refractivity contribution in [1.29, 1.82) is 0 Å². The molecule has 1 aromatic carbocycles. The van der Waals surface area contributed by atoms with Crippen LogP contribution in [0.1, 0.15) is 29.9 Å². The van der Waals surface area contributed by atoms with Crippen molar-refractivity contribution in [2.75, 3.05) is 12.4 Å². The third-order valence-corrected chi connectivity index (χ3v) is 3.13. The van der Waals surface area contributed by atoms with E-state index in [1.54, 1.807) is 0 Å². The first-order valence-electron chi connectivity index (χ1n) is 5.71. The quantitative estimate of drug-likeness (QED) is 0.784. The third kappa shape index (κ3) is 3.24. The van der Waals surface area contributed by atoms with E-state index < -0.39 is 0 Å². The van der Waals surface area contributed by atoms with Gasteiger partial charge >= 0.3 is 0 Å². The van der Waals surface area contributed by atoms with Gasteiger partial charge in [-0.2, -0.15) is 0 Å². The number of nitrogens with one attached hydrogen (secondary N) is 1. The van der Waals surface area contributed by atoms with E-state index in [0.717, 1.165) is 12.3 Å². The highest BCUT2D eigenvalue weighted by Crippen LogP contribution is 2.39. The Bertz CT molecular complexity index is 357. The van der Waals surface area contributed by atoms with Gasteiger partial charge in [-0.1, -0.05) is 24.3 Å². The molecule has 0 aliphatic heterocycles. The van der Waals surface area contributed by atoms with E-state index in [2.05, 4.69) is 29.6 Å². The number of carbonyl (C=O) groups excluding carboxylic acids is 1. The van der Waals surface area contributed by atoms with Crippen LogP contribution in [-0.4, -0.2) is 18.3 Å². The Morgan fingerprint density at radius 3 is 2.56 bits per heavy atom. The fraction of sp³-hybridized carbons (Fsp3) is 0.462. The molecule has 16 heavy (non-hydrogen) atoms. The van der Waals surface area contributed by atoms with Crippen LogP contribution < -0.4 is 5.32 Å². The van der Waals surface area contributed by atoms with Gasteiger partial charge in [0.2, 0.25) is 5.91 Å². The highest BCUT2D eigenvalue weighted by molar-refractivity contribution is 6.27. The first-order chi connectivity index (χ1) is 7.79. The zero-order valence-corrected chi connectivity index (χ0v) is 9.96. The number of halogens is 1. The number of carbonyl (C=O) groups is 1. The highest BCUT2D eigenvalue weighted by Gasteiger charge is 2.22. The van der Waals surface area contributed by atoms with Crippen molar-refractivity contribution in [3.63, 3.8) is 0 Å². The second-order valence-corrected chi connectivity index (χ2v) is 4.52. The fourth-order valence-corrected chi connectivity index (χ4v) is 1.86. The summed E-state index contributed by atoms with van der Waals surface area (Å²) in [5, 5.41) is 2.76. The molecular formula is C13H16ClNO. The fourth-order valence-electron chi connectivity index (χ4n) is 1.77. The van der Waals surface area contributed by atoms with Crippen LogP contribution in [0.3, 0.4) is 0 Å². The normalized spacial score (nSPS) is 14.8. The summed E-state index contributed by atoms with van der Waals surface area (Å²) >= 11 is 5.38. The molecule has 86 valence electrons. The SMILES string of the molecule is O=C(CCl)NCCc1ccc(C2CC2)cc1. The Morgan fingerprint density at radius 2 is 2.00 bits per heavy atom. The van der Waals surface area contributed by atoms with Gasteiger partial charge in [0.1, 0.15) is 5.88 Å². The second-order valence-electron chi connectivity index (χ2n) is 4.25. The molecule has 0 heterocycles. The summed E-state index contributed by atoms with van der Waals surface area (Å²) in [4.78, 5) is 10.9. The van der Waals surface area contributed by atoms with Crippen molar-refractivity contribution in [1.82, 2.24) is 5.32 Å². The maximum absolute atomic E-state index is 10.9. The molecule has 0 bridgehead atoms. The van der Waals surface area contributed by atoms with E-state index >= 15 is 0 Å². The molecule has 0 aromatic heterocycles. The average Bonchev–Trinajstić information content (AvgIpc) is 3.14. The Hall–Kier alpha value is -1.02. The van der Waals surface area contributed by atoms with E-state index in [1.165, 1.54) is 24.0 Å². The highest BCUT2D eigenvalue weighted by atomic mass is 35.5. The van der Waals surface area contributed by atoms with Crippen molar-refractivity contribution in [3.8, 4) is 0 Å². The van der Waals surface area contributed by atoms with Crippen molar-refractivity contribution >= 4 is 17.5 Å². The van der Waals surface area contributed by atoms with Gasteiger partial charge in [0.15, 0.2) is 0 Å². The molecule has 0 saturated heterocycles. The van der Waals surface area contributed by atoms with Crippen molar-refractivity contribution in [3.05, 3.63) is 35.4 Å². The monoisotopic (exact) mass is 237 g/mol. The molecule has 0 atom stereocenters. The molecule has 0 unspecified atom stereocenters. The van der Waals surface area contributed by atoms with Crippen molar-refractivity contribution < 1.29 is 4.79 Å². The topological polar surface area (TPSA) is 29.1 Å². The van der Waals surface area contributed by atoms with Crippen LogP contribution in [0.5, 0.6) is 0 Å². The molecule has 3 heteroatoms. The minimum absolute atomic E-state index is 0.0423. The van der Waals surface area contributed by atoms with Gasteiger partial charge in [-0.3, -0.25) is 4.79 Å². The van der Waals surface area contributed by atoms with Gasteiger partial charge in [0.25, 0.3) is 0 Å². The predicted octanol–water partition coefficient (Wildman–Crippen LogP) is 2.46. The van der Waals surface area contributed by atoms with Gasteiger partial charge in [-0.15, -0.1) is 11.6 Å². The van der Waals surface area contributed by atoms with Crippen LogP contribution >= 0.6 is 11.6 Å². The molecular weight excluding hydrogens is 222 g/mol. The van der Waals surface area contributed by atoms with Gasteiger partial charge in [0, 0.05) is 6.54 Å². The van der Waals surface area contributed by atoms with Crippen LogP contribution in [0.25, 0.3) is 0 Å². The van der Waals surface area contributed by atoms with Gasteiger partial charge in [0.05, 0.1) is 0 Å². The minimum Gasteiger partial charge on any atom is -0.355 e. The first-order valence-corrected chi connectivity index (χ1v) is 6.24. The maximum Gasteiger partial charge on any atom is 0.234 e. The number of hydrogen-bond acceptors (Lipinski definition) is 1. The van der Waals surface area contributed by atoms with Crippen molar-refractivity contribution in [2.45, 2.75) is 25.2 Å². The molecule has 1 aliphatic carbocycles. The molecule has 1 N–H and O–H groups in total. The lowest BCUT2D eigenvalue weighted by molar-refractivity contribution is -0.118. The summed E-state index contributed by atoms with van der Waals surface area (Å²) in [5.41, 5.74) is 2.72. The first kappa shape index (κ1) is 11.5. The molecule has 1 aromatic rings. The number of amides is 1. The molecule has 0 spiro atoms. The second kappa shape index (κ2) is 5.35. The summed E-state index contributed by atoms with van der Waals surface area (Å²) in [6.07, 6.45) is 3.55. The lowest BCUT2D eigenvalue weighted by atomic mass is 10.1. The zero-order chi connectivity index (χ0) is 11.4. The third-order valence-electron chi connectivity index (χ3n) is 2.89.